The molecule has 0 aliphatic carbocycles. The molecule has 32 heavy (non-hydrogen) atoms. The van der Waals surface area contributed by atoms with Crippen LogP contribution in [0.4, 0.5) is 0 Å². The van der Waals surface area contributed by atoms with E-state index in [0.29, 0.717) is 30.5 Å². The third-order valence-corrected chi connectivity index (χ3v) is 5.47. The fraction of sp³-hybridized carbons (Fsp3) is 0.333. The summed E-state index contributed by atoms with van der Waals surface area (Å²) in [6.45, 7) is 2.61. The van der Waals surface area contributed by atoms with E-state index in [-0.39, 0.29) is 24.5 Å². The van der Waals surface area contributed by atoms with Gasteiger partial charge in [-0.2, -0.15) is 5.10 Å². The number of benzene rings is 2. The Hall–Kier alpha value is -3.68. The third-order valence-electron chi connectivity index (χ3n) is 5.47. The first-order valence-corrected chi connectivity index (χ1v) is 10.8. The molecular weight excluding hydrogens is 406 g/mol. The number of rotatable bonds is 7. The van der Waals surface area contributed by atoms with Crippen LogP contribution >= 0.6 is 0 Å². The fourth-order valence-corrected chi connectivity index (χ4v) is 3.86. The average Bonchev–Trinajstić information content (AvgIpc) is 3.32. The van der Waals surface area contributed by atoms with Crippen LogP contribution < -0.4 is 10.1 Å². The standard InChI is InChI=1S/C24H27N5O3/c1-17(30)25-15-18-8-7-9-19(14-18)23-26-24(28-27-23)21-12-5-6-13-29(21)22(31)16-32-20-10-3-2-4-11-20/h2-4,7-11,14,21H,5-6,12-13,15-16H2,1H3,(H,25,30)(H,26,27,28)/t21-/m1/s1. The molecule has 0 bridgehead atoms. The predicted molar refractivity (Wildman–Crippen MR) is 120 cm³/mol. The molecule has 2 heterocycles. The Morgan fingerprint density at radius 3 is 2.81 bits per heavy atom. The van der Waals surface area contributed by atoms with Gasteiger partial charge in [-0.1, -0.05) is 36.4 Å². The monoisotopic (exact) mass is 433 g/mol. The predicted octanol–water partition coefficient (Wildman–Crippen LogP) is 3.24. The maximum atomic E-state index is 12.9. The van der Waals surface area contributed by atoms with Crippen LogP contribution in [-0.2, 0) is 16.1 Å². The van der Waals surface area contributed by atoms with E-state index in [1.165, 1.54) is 6.92 Å². The second kappa shape index (κ2) is 10.1. The van der Waals surface area contributed by atoms with E-state index in [4.69, 9.17) is 9.72 Å². The number of nitrogens with one attached hydrogen (secondary N) is 2. The van der Waals surface area contributed by atoms with Gasteiger partial charge in [-0.15, -0.1) is 0 Å². The van der Waals surface area contributed by atoms with Crippen molar-refractivity contribution in [2.45, 2.75) is 38.8 Å². The zero-order chi connectivity index (χ0) is 22.3. The lowest BCUT2D eigenvalue weighted by Gasteiger charge is -2.34. The number of carbonyl (C=O) groups excluding carboxylic acids is 2. The molecule has 1 aromatic heterocycles. The first-order valence-electron chi connectivity index (χ1n) is 10.8. The van der Waals surface area contributed by atoms with E-state index in [1.54, 1.807) is 0 Å². The highest BCUT2D eigenvalue weighted by Crippen LogP contribution is 2.30. The molecule has 3 aromatic rings. The van der Waals surface area contributed by atoms with Crippen molar-refractivity contribution in [2.75, 3.05) is 13.2 Å². The number of para-hydroxylation sites is 1. The summed E-state index contributed by atoms with van der Waals surface area (Å²) in [4.78, 5) is 30.6. The lowest BCUT2D eigenvalue weighted by atomic mass is 10.0. The van der Waals surface area contributed by atoms with Crippen molar-refractivity contribution in [1.82, 2.24) is 25.4 Å². The minimum absolute atomic E-state index is 0.00724. The van der Waals surface area contributed by atoms with E-state index in [2.05, 4.69) is 15.5 Å². The van der Waals surface area contributed by atoms with Gasteiger partial charge in [0.2, 0.25) is 5.91 Å². The molecule has 2 N–H and O–H groups in total. The van der Waals surface area contributed by atoms with Gasteiger partial charge in [0.05, 0.1) is 6.04 Å². The second-order valence-electron chi connectivity index (χ2n) is 7.85. The van der Waals surface area contributed by atoms with Crippen LogP contribution in [-0.4, -0.2) is 45.0 Å². The summed E-state index contributed by atoms with van der Waals surface area (Å²) in [7, 11) is 0. The van der Waals surface area contributed by atoms with Crippen molar-refractivity contribution in [3.8, 4) is 17.1 Å². The highest BCUT2D eigenvalue weighted by Gasteiger charge is 2.30. The first-order chi connectivity index (χ1) is 15.6. The topological polar surface area (TPSA) is 100 Å². The number of aromatic nitrogens is 3. The molecule has 1 aliphatic heterocycles. The van der Waals surface area contributed by atoms with Crippen molar-refractivity contribution in [1.29, 1.82) is 0 Å². The number of ether oxygens (including phenoxy) is 1. The number of H-pyrrole nitrogens is 1. The number of hydrogen-bond donors (Lipinski definition) is 2. The van der Waals surface area contributed by atoms with Crippen molar-refractivity contribution < 1.29 is 14.3 Å². The van der Waals surface area contributed by atoms with Crippen LogP contribution in [0.2, 0.25) is 0 Å². The minimum Gasteiger partial charge on any atom is -0.484 e. The van der Waals surface area contributed by atoms with E-state index in [9.17, 15) is 9.59 Å². The molecule has 2 amide bonds. The van der Waals surface area contributed by atoms with E-state index < -0.39 is 0 Å². The van der Waals surface area contributed by atoms with Gasteiger partial charge in [0, 0.05) is 25.6 Å². The molecule has 0 saturated carbocycles. The Bertz CT molecular complexity index is 1070. The van der Waals surface area contributed by atoms with Crippen LogP contribution in [0.15, 0.2) is 54.6 Å². The number of carbonyl (C=O) groups is 2. The van der Waals surface area contributed by atoms with Gasteiger partial charge < -0.3 is 15.0 Å². The fourth-order valence-electron chi connectivity index (χ4n) is 3.86. The number of aromatic amines is 1. The highest BCUT2D eigenvalue weighted by molar-refractivity contribution is 5.78. The summed E-state index contributed by atoms with van der Waals surface area (Å²) in [5.41, 5.74) is 1.83. The molecule has 1 aliphatic rings. The van der Waals surface area contributed by atoms with Crippen LogP contribution in [0.5, 0.6) is 5.75 Å². The molecule has 8 heteroatoms. The molecule has 1 atom stereocenters. The van der Waals surface area contributed by atoms with Gasteiger partial charge in [0.15, 0.2) is 12.4 Å². The number of piperidine rings is 1. The van der Waals surface area contributed by atoms with Gasteiger partial charge in [-0.3, -0.25) is 14.7 Å². The molecule has 166 valence electrons. The van der Waals surface area contributed by atoms with Crippen LogP contribution in [0.3, 0.4) is 0 Å². The molecule has 1 fully saturated rings. The molecule has 2 aromatic carbocycles. The van der Waals surface area contributed by atoms with Crippen molar-refractivity contribution in [3.05, 3.63) is 66.0 Å². The lowest BCUT2D eigenvalue weighted by Crippen LogP contribution is -2.41. The summed E-state index contributed by atoms with van der Waals surface area (Å²) in [6, 6.07) is 16.9. The summed E-state index contributed by atoms with van der Waals surface area (Å²) in [5.74, 6) is 1.79. The van der Waals surface area contributed by atoms with Crippen molar-refractivity contribution in [3.63, 3.8) is 0 Å². The van der Waals surface area contributed by atoms with Crippen molar-refractivity contribution in [2.24, 2.45) is 0 Å². The van der Waals surface area contributed by atoms with Gasteiger partial charge in [-0.05, 0) is 43.0 Å². The maximum absolute atomic E-state index is 12.9. The molecule has 4 rings (SSSR count). The van der Waals surface area contributed by atoms with E-state index in [0.717, 1.165) is 30.4 Å². The van der Waals surface area contributed by atoms with Gasteiger partial charge >= 0.3 is 0 Å². The average molecular weight is 434 g/mol. The van der Waals surface area contributed by atoms with Crippen LogP contribution in [0.25, 0.3) is 11.4 Å². The van der Waals surface area contributed by atoms with Gasteiger partial charge in [-0.25, -0.2) is 4.98 Å². The molecule has 8 nitrogen and oxygen atoms in total. The van der Waals surface area contributed by atoms with E-state index in [1.807, 2.05) is 59.5 Å². The maximum Gasteiger partial charge on any atom is 0.261 e. The van der Waals surface area contributed by atoms with Crippen molar-refractivity contribution >= 4 is 11.8 Å². The molecule has 0 radical (unpaired) electrons. The molecular formula is C24H27N5O3. The Kier molecular flexibility index (Phi) is 6.79. The molecule has 0 unspecified atom stereocenters. The van der Waals surface area contributed by atoms with Crippen LogP contribution in [0, 0.1) is 0 Å². The summed E-state index contributed by atoms with van der Waals surface area (Å²) in [6.07, 6.45) is 2.81. The first kappa shape index (κ1) is 21.5. The smallest absolute Gasteiger partial charge is 0.261 e. The molecule has 1 saturated heterocycles. The zero-order valence-electron chi connectivity index (χ0n) is 18.1. The zero-order valence-corrected chi connectivity index (χ0v) is 18.1. The Balaban J connectivity index is 1.46. The quantitative estimate of drug-likeness (QED) is 0.596. The summed E-state index contributed by atoms with van der Waals surface area (Å²) >= 11 is 0. The number of amides is 2. The third kappa shape index (κ3) is 5.32. The summed E-state index contributed by atoms with van der Waals surface area (Å²) in [5, 5.41) is 10.2. The minimum atomic E-state index is -0.153. The van der Waals surface area contributed by atoms with Gasteiger partial charge in [0.25, 0.3) is 5.91 Å². The number of nitrogens with zero attached hydrogens (tertiary/aromatic N) is 3. The molecule has 0 spiro atoms. The summed E-state index contributed by atoms with van der Waals surface area (Å²) < 4.78 is 5.67. The number of likely N-dealkylation sites (tertiary alicyclic amines) is 1. The lowest BCUT2D eigenvalue weighted by molar-refractivity contribution is -0.137. The van der Waals surface area contributed by atoms with Crippen LogP contribution in [0.1, 0.15) is 43.6 Å². The van der Waals surface area contributed by atoms with E-state index >= 15 is 0 Å². The SMILES string of the molecule is CC(=O)NCc1cccc(-c2n[nH]c([C@H]3CCCCN3C(=O)COc3ccccc3)n2)c1. The Morgan fingerprint density at radius 1 is 1.16 bits per heavy atom. The number of hydrogen-bond acceptors (Lipinski definition) is 5. The Labute approximate surface area is 187 Å². The largest absolute Gasteiger partial charge is 0.484 e. The Morgan fingerprint density at radius 2 is 2.00 bits per heavy atom. The second-order valence-corrected chi connectivity index (χ2v) is 7.85. The highest BCUT2D eigenvalue weighted by atomic mass is 16.5. The van der Waals surface area contributed by atoms with Gasteiger partial charge in [0.1, 0.15) is 11.6 Å². The normalized spacial score (nSPS) is 15.9.